The SMILES string of the molecule is Cc1ccc2nc(N(CCN(C)C)C(=O)c3c(F)cccc3F)sc2c1.Cl. The number of aryl methyl sites for hydroxylation is 1. The maximum atomic E-state index is 14.1. The monoisotopic (exact) mass is 411 g/mol. The second-order valence-electron chi connectivity index (χ2n) is 6.32. The van der Waals surface area contributed by atoms with Gasteiger partial charge < -0.3 is 4.90 Å². The van der Waals surface area contributed by atoms with Gasteiger partial charge in [-0.05, 0) is 50.8 Å². The highest BCUT2D eigenvalue weighted by atomic mass is 35.5. The smallest absolute Gasteiger partial charge is 0.266 e. The number of halogens is 3. The molecule has 144 valence electrons. The molecule has 0 fully saturated rings. The number of hydrogen-bond acceptors (Lipinski definition) is 4. The molecule has 1 aromatic heterocycles. The van der Waals surface area contributed by atoms with Crippen molar-refractivity contribution in [3.63, 3.8) is 0 Å². The molecule has 1 heterocycles. The predicted octanol–water partition coefficient (Wildman–Crippen LogP) is 4.51. The average Bonchev–Trinajstić information content (AvgIpc) is 2.97. The summed E-state index contributed by atoms with van der Waals surface area (Å²) < 4.78 is 29.2. The number of rotatable bonds is 5. The lowest BCUT2D eigenvalue weighted by atomic mass is 10.1. The zero-order valence-electron chi connectivity index (χ0n) is 15.2. The predicted molar refractivity (Wildman–Crippen MR) is 108 cm³/mol. The van der Waals surface area contributed by atoms with Gasteiger partial charge in [-0.3, -0.25) is 9.69 Å². The summed E-state index contributed by atoms with van der Waals surface area (Å²) in [5.41, 5.74) is 1.29. The van der Waals surface area contributed by atoms with E-state index in [0.717, 1.165) is 27.9 Å². The lowest BCUT2D eigenvalue weighted by Gasteiger charge is -2.22. The maximum Gasteiger partial charge on any atom is 0.266 e. The Morgan fingerprint density at radius 2 is 1.78 bits per heavy atom. The van der Waals surface area contributed by atoms with E-state index < -0.39 is 23.1 Å². The quantitative estimate of drug-likeness (QED) is 0.619. The molecule has 0 saturated carbocycles. The number of hydrogen-bond donors (Lipinski definition) is 0. The van der Waals surface area contributed by atoms with Gasteiger partial charge in [-0.2, -0.15) is 0 Å². The molecule has 0 bridgehead atoms. The highest BCUT2D eigenvalue weighted by Crippen LogP contribution is 2.31. The van der Waals surface area contributed by atoms with E-state index in [4.69, 9.17) is 0 Å². The van der Waals surface area contributed by atoms with Gasteiger partial charge in [0, 0.05) is 13.1 Å². The molecular weight excluding hydrogens is 392 g/mol. The van der Waals surface area contributed by atoms with Crippen molar-refractivity contribution in [2.45, 2.75) is 6.92 Å². The first-order valence-corrected chi connectivity index (χ1v) is 8.96. The number of benzene rings is 2. The highest BCUT2D eigenvalue weighted by Gasteiger charge is 2.26. The Kier molecular flexibility index (Phi) is 6.86. The van der Waals surface area contributed by atoms with E-state index >= 15 is 0 Å². The van der Waals surface area contributed by atoms with E-state index in [0.29, 0.717) is 11.7 Å². The summed E-state index contributed by atoms with van der Waals surface area (Å²) in [5, 5.41) is 0.431. The molecule has 0 spiro atoms. The van der Waals surface area contributed by atoms with E-state index in [1.165, 1.54) is 22.3 Å². The number of carbonyl (C=O) groups excluding carboxylic acids is 1. The molecule has 0 unspecified atom stereocenters. The van der Waals surface area contributed by atoms with Crippen LogP contribution in [-0.2, 0) is 0 Å². The number of amides is 1. The van der Waals surface area contributed by atoms with Gasteiger partial charge in [0.05, 0.1) is 10.2 Å². The molecular formula is C19H20ClF2N3OS. The van der Waals surface area contributed by atoms with Crippen LogP contribution in [0.4, 0.5) is 13.9 Å². The molecule has 0 radical (unpaired) electrons. The minimum atomic E-state index is -0.873. The van der Waals surface area contributed by atoms with Crippen molar-refractivity contribution >= 4 is 45.0 Å². The second-order valence-corrected chi connectivity index (χ2v) is 7.33. The number of likely N-dealkylation sites (N-methyl/N-ethyl adjacent to an activating group) is 1. The van der Waals surface area contributed by atoms with Crippen LogP contribution in [0.2, 0.25) is 0 Å². The fraction of sp³-hybridized carbons (Fsp3) is 0.263. The maximum absolute atomic E-state index is 14.1. The third-order valence-corrected chi connectivity index (χ3v) is 5.00. The van der Waals surface area contributed by atoms with Crippen molar-refractivity contribution in [3.05, 3.63) is 59.2 Å². The number of thiazole rings is 1. The van der Waals surface area contributed by atoms with E-state index in [-0.39, 0.29) is 19.0 Å². The van der Waals surface area contributed by atoms with Crippen LogP contribution in [0.1, 0.15) is 15.9 Å². The fourth-order valence-corrected chi connectivity index (χ4v) is 3.64. The van der Waals surface area contributed by atoms with Crippen molar-refractivity contribution in [1.29, 1.82) is 0 Å². The van der Waals surface area contributed by atoms with Gasteiger partial charge in [0.25, 0.3) is 5.91 Å². The Morgan fingerprint density at radius 1 is 1.11 bits per heavy atom. The third kappa shape index (κ3) is 4.61. The number of nitrogens with zero attached hydrogens (tertiary/aromatic N) is 3. The molecule has 27 heavy (non-hydrogen) atoms. The fourth-order valence-electron chi connectivity index (χ4n) is 2.56. The molecule has 4 nitrogen and oxygen atoms in total. The van der Waals surface area contributed by atoms with E-state index in [1.54, 1.807) is 0 Å². The van der Waals surface area contributed by atoms with Gasteiger partial charge in [-0.15, -0.1) is 12.4 Å². The Balaban J connectivity index is 0.00000261. The first kappa shape index (κ1) is 21.2. The van der Waals surface area contributed by atoms with Crippen LogP contribution in [0.15, 0.2) is 36.4 Å². The van der Waals surface area contributed by atoms with Crippen LogP contribution in [0, 0.1) is 18.6 Å². The molecule has 0 aliphatic rings. The van der Waals surface area contributed by atoms with Gasteiger partial charge in [0.1, 0.15) is 17.2 Å². The van der Waals surface area contributed by atoms with Crippen molar-refractivity contribution in [2.24, 2.45) is 0 Å². The summed E-state index contributed by atoms with van der Waals surface area (Å²) in [6.45, 7) is 2.79. The largest absolute Gasteiger partial charge is 0.308 e. The Morgan fingerprint density at radius 3 is 2.41 bits per heavy atom. The topological polar surface area (TPSA) is 36.4 Å². The molecule has 0 saturated heterocycles. The lowest BCUT2D eigenvalue weighted by molar-refractivity contribution is 0.0977. The Hall–Kier alpha value is -2.09. The van der Waals surface area contributed by atoms with Crippen molar-refractivity contribution in [1.82, 2.24) is 9.88 Å². The molecule has 3 rings (SSSR count). The van der Waals surface area contributed by atoms with Gasteiger partial charge in [-0.1, -0.05) is 23.5 Å². The summed E-state index contributed by atoms with van der Waals surface area (Å²) >= 11 is 1.34. The summed E-state index contributed by atoms with van der Waals surface area (Å²) in [6.07, 6.45) is 0. The molecule has 0 N–H and O–H groups in total. The minimum Gasteiger partial charge on any atom is -0.308 e. The Bertz CT molecular complexity index is 941. The molecule has 2 aromatic carbocycles. The summed E-state index contributed by atoms with van der Waals surface area (Å²) in [5.74, 6) is -2.47. The molecule has 3 aromatic rings. The van der Waals surface area contributed by atoms with Gasteiger partial charge in [-0.25, -0.2) is 13.8 Å². The second kappa shape index (κ2) is 8.73. The zero-order chi connectivity index (χ0) is 18.8. The summed E-state index contributed by atoms with van der Waals surface area (Å²) in [7, 11) is 3.74. The van der Waals surface area contributed by atoms with Gasteiger partial charge in [0.15, 0.2) is 5.13 Å². The van der Waals surface area contributed by atoms with Crippen LogP contribution in [-0.4, -0.2) is 43.0 Å². The molecule has 0 atom stereocenters. The van der Waals surface area contributed by atoms with E-state index in [2.05, 4.69) is 4.98 Å². The summed E-state index contributed by atoms with van der Waals surface area (Å²) in [6, 6.07) is 9.21. The van der Waals surface area contributed by atoms with Crippen LogP contribution in [0.3, 0.4) is 0 Å². The Labute approximate surface area is 166 Å². The van der Waals surface area contributed by atoms with Crippen molar-refractivity contribution < 1.29 is 13.6 Å². The highest BCUT2D eigenvalue weighted by molar-refractivity contribution is 7.22. The van der Waals surface area contributed by atoms with Crippen LogP contribution in [0.25, 0.3) is 10.2 Å². The van der Waals surface area contributed by atoms with Crippen LogP contribution in [0.5, 0.6) is 0 Å². The van der Waals surface area contributed by atoms with Gasteiger partial charge >= 0.3 is 0 Å². The number of aromatic nitrogens is 1. The first-order valence-electron chi connectivity index (χ1n) is 8.14. The number of anilines is 1. The normalized spacial score (nSPS) is 10.9. The van der Waals surface area contributed by atoms with Crippen molar-refractivity contribution in [2.75, 3.05) is 32.1 Å². The zero-order valence-corrected chi connectivity index (χ0v) is 16.8. The summed E-state index contributed by atoms with van der Waals surface area (Å²) in [4.78, 5) is 20.7. The molecule has 1 amide bonds. The van der Waals surface area contributed by atoms with Crippen molar-refractivity contribution in [3.8, 4) is 0 Å². The first-order chi connectivity index (χ1) is 12.4. The minimum absolute atomic E-state index is 0. The van der Waals surface area contributed by atoms with Crippen LogP contribution >= 0.6 is 23.7 Å². The molecule has 0 aliphatic carbocycles. The van der Waals surface area contributed by atoms with E-state index in [1.807, 2.05) is 44.1 Å². The third-order valence-electron chi connectivity index (χ3n) is 3.96. The average molecular weight is 412 g/mol. The lowest BCUT2D eigenvalue weighted by Crippen LogP contribution is -2.37. The number of carbonyl (C=O) groups is 1. The molecule has 0 aliphatic heterocycles. The van der Waals surface area contributed by atoms with E-state index in [9.17, 15) is 13.6 Å². The number of fused-ring (bicyclic) bond motifs is 1. The van der Waals surface area contributed by atoms with Gasteiger partial charge in [0.2, 0.25) is 0 Å². The molecule has 8 heteroatoms. The standard InChI is InChI=1S/C19H19F2N3OS.ClH/c1-12-7-8-15-16(11-12)26-19(22-15)24(10-9-23(2)3)18(25)17-13(20)5-4-6-14(17)21;/h4-8,11H,9-10H2,1-3H3;1H. The van der Waals surface area contributed by atoms with Crippen LogP contribution < -0.4 is 4.90 Å².